The van der Waals surface area contributed by atoms with Gasteiger partial charge in [-0.05, 0) is 43.2 Å². The molecule has 0 spiro atoms. The second kappa shape index (κ2) is 7.43. The average Bonchev–Trinajstić information content (AvgIpc) is 2.49. The van der Waals surface area contributed by atoms with Crippen molar-refractivity contribution < 1.29 is 9.47 Å². The summed E-state index contributed by atoms with van der Waals surface area (Å²) in [5.74, 6) is 1.60. The van der Waals surface area contributed by atoms with E-state index in [9.17, 15) is 0 Å². The van der Waals surface area contributed by atoms with Gasteiger partial charge in [-0.3, -0.25) is 0 Å². The molecule has 0 fully saturated rings. The highest BCUT2D eigenvalue weighted by Crippen LogP contribution is 2.27. The Kier molecular flexibility index (Phi) is 5.30. The Bertz CT molecular complexity index is 526. The van der Waals surface area contributed by atoms with Gasteiger partial charge in [0.05, 0.1) is 13.7 Å². The van der Waals surface area contributed by atoms with Crippen molar-refractivity contribution in [1.82, 2.24) is 0 Å². The van der Waals surface area contributed by atoms with E-state index in [4.69, 9.17) is 9.47 Å². The molecule has 0 atom stereocenters. The summed E-state index contributed by atoms with van der Waals surface area (Å²) >= 11 is 0. The quantitative estimate of drug-likeness (QED) is 0.775. The summed E-state index contributed by atoms with van der Waals surface area (Å²) < 4.78 is 11.1. The van der Waals surface area contributed by atoms with Crippen LogP contribution in [-0.4, -0.2) is 20.3 Å². The molecule has 0 amide bonds. The van der Waals surface area contributed by atoms with Gasteiger partial charge in [0.25, 0.3) is 0 Å². The summed E-state index contributed by atoms with van der Waals surface area (Å²) in [6.07, 6.45) is 0.936. The Hall–Kier alpha value is -2.16. The number of nitrogens with one attached hydrogen (secondary N) is 1. The molecule has 0 saturated heterocycles. The summed E-state index contributed by atoms with van der Waals surface area (Å²) in [5.41, 5.74) is 2.31. The lowest BCUT2D eigenvalue weighted by atomic mass is 10.2. The predicted molar refractivity (Wildman–Crippen MR) is 82.8 cm³/mol. The summed E-state index contributed by atoms with van der Waals surface area (Å²) in [5, 5.41) is 3.36. The van der Waals surface area contributed by atoms with Crippen molar-refractivity contribution in [3.8, 4) is 11.5 Å². The molecule has 2 aromatic carbocycles. The lowest BCUT2D eigenvalue weighted by Crippen LogP contribution is -2.07. The minimum Gasteiger partial charge on any atom is -0.493 e. The van der Waals surface area contributed by atoms with Crippen molar-refractivity contribution >= 4 is 5.69 Å². The maximum Gasteiger partial charge on any atom is 0.161 e. The summed E-state index contributed by atoms with van der Waals surface area (Å²) in [4.78, 5) is 0. The van der Waals surface area contributed by atoms with Crippen molar-refractivity contribution in [3.05, 3.63) is 54.1 Å². The van der Waals surface area contributed by atoms with E-state index < -0.39 is 0 Å². The van der Waals surface area contributed by atoms with Crippen LogP contribution in [0.5, 0.6) is 11.5 Å². The van der Waals surface area contributed by atoms with Crippen LogP contribution >= 0.6 is 0 Å². The zero-order chi connectivity index (χ0) is 14.2. The van der Waals surface area contributed by atoms with E-state index in [-0.39, 0.29) is 0 Å². The highest BCUT2D eigenvalue weighted by Gasteiger charge is 2.03. The molecule has 1 N–H and O–H groups in total. The van der Waals surface area contributed by atoms with Crippen LogP contribution in [0.1, 0.15) is 12.0 Å². The van der Waals surface area contributed by atoms with Crippen LogP contribution in [0, 0.1) is 6.92 Å². The smallest absolute Gasteiger partial charge is 0.161 e. The molecule has 3 nitrogen and oxygen atoms in total. The van der Waals surface area contributed by atoms with Crippen LogP contribution in [0.3, 0.4) is 0 Å². The Morgan fingerprint density at radius 2 is 1.80 bits per heavy atom. The van der Waals surface area contributed by atoms with E-state index >= 15 is 0 Å². The van der Waals surface area contributed by atoms with Gasteiger partial charge in [-0.2, -0.15) is 0 Å². The molecular formula is C17H21NO2. The van der Waals surface area contributed by atoms with Gasteiger partial charge in [0.15, 0.2) is 11.5 Å². The predicted octanol–water partition coefficient (Wildman–Crippen LogP) is 3.88. The number of rotatable bonds is 7. The van der Waals surface area contributed by atoms with Gasteiger partial charge in [-0.15, -0.1) is 0 Å². The number of hydrogen-bond donors (Lipinski definition) is 1. The Morgan fingerprint density at radius 3 is 2.55 bits per heavy atom. The fraction of sp³-hybridized carbons (Fsp3) is 0.294. The molecule has 106 valence electrons. The van der Waals surface area contributed by atoms with Crippen LogP contribution in [0.15, 0.2) is 48.5 Å². The summed E-state index contributed by atoms with van der Waals surface area (Å²) in [6, 6.07) is 16.1. The maximum atomic E-state index is 5.76. The molecule has 0 saturated carbocycles. The molecule has 0 heterocycles. The number of para-hydroxylation sites is 1. The lowest BCUT2D eigenvalue weighted by molar-refractivity contribution is 0.292. The first-order chi connectivity index (χ1) is 9.79. The van der Waals surface area contributed by atoms with Crippen molar-refractivity contribution in [2.75, 3.05) is 25.6 Å². The molecule has 2 aromatic rings. The number of benzene rings is 2. The third-order valence-corrected chi connectivity index (χ3v) is 3.00. The number of anilines is 1. The molecule has 0 aromatic heterocycles. The third kappa shape index (κ3) is 4.19. The number of ether oxygens (including phenoxy) is 2. The van der Waals surface area contributed by atoms with Gasteiger partial charge >= 0.3 is 0 Å². The standard InChI is InChI=1S/C17H21NO2/c1-14-9-10-16(17(13-14)19-2)20-12-6-11-18-15-7-4-3-5-8-15/h3-5,7-10,13,18H,6,11-12H2,1-2H3. The highest BCUT2D eigenvalue weighted by atomic mass is 16.5. The molecule has 0 bridgehead atoms. The maximum absolute atomic E-state index is 5.76. The fourth-order valence-electron chi connectivity index (χ4n) is 1.94. The van der Waals surface area contributed by atoms with Gasteiger partial charge in [-0.1, -0.05) is 24.3 Å². The molecule has 0 aliphatic rings. The molecule has 0 aliphatic heterocycles. The van der Waals surface area contributed by atoms with E-state index in [2.05, 4.69) is 17.4 Å². The van der Waals surface area contributed by atoms with E-state index in [1.54, 1.807) is 7.11 Å². The van der Waals surface area contributed by atoms with Crippen LogP contribution in [0.25, 0.3) is 0 Å². The van der Waals surface area contributed by atoms with Gasteiger partial charge in [0.1, 0.15) is 0 Å². The lowest BCUT2D eigenvalue weighted by Gasteiger charge is -2.11. The second-order valence-corrected chi connectivity index (χ2v) is 4.65. The molecular weight excluding hydrogens is 250 g/mol. The highest BCUT2D eigenvalue weighted by molar-refractivity contribution is 5.43. The zero-order valence-corrected chi connectivity index (χ0v) is 12.1. The Morgan fingerprint density at radius 1 is 1.00 bits per heavy atom. The molecule has 0 unspecified atom stereocenters. The first kappa shape index (κ1) is 14.3. The van der Waals surface area contributed by atoms with Crippen LogP contribution < -0.4 is 14.8 Å². The summed E-state index contributed by atoms with van der Waals surface area (Å²) in [7, 11) is 1.67. The fourth-order valence-corrected chi connectivity index (χ4v) is 1.94. The topological polar surface area (TPSA) is 30.5 Å². The van der Waals surface area contributed by atoms with Crippen molar-refractivity contribution in [2.45, 2.75) is 13.3 Å². The number of hydrogen-bond acceptors (Lipinski definition) is 3. The Balaban J connectivity index is 1.73. The van der Waals surface area contributed by atoms with E-state index in [0.29, 0.717) is 6.61 Å². The summed E-state index contributed by atoms with van der Waals surface area (Å²) in [6.45, 7) is 3.59. The minimum absolute atomic E-state index is 0.666. The average molecular weight is 271 g/mol. The van der Waals surface area contributed by atoms with Crippen molar-refractivity contribution in [3.63, 3.8) is 0 Å². The normalized spacial score (nSPS) is 10.1. The van der Waals surface area contributed by atoms with E-state index in [0.717, 1.165) is 30.2 Å². The van der Waals surface area contributed by atoms with Gasteiger partial charge in [0, 0.05) is 12.2 Å². The Labute approximate surface area is 120 Å². The molecule has 3 heteroatoms. The first-order valence-electron chi connectivity index (χ1n) is 6.86. The third-order valence-electron chi connectivity index (χ3n) is 3.00. The SMILES string of the molecule is COc1cc(C)ccc1OCCCNc1ccccc1. The van der Waals surface area contributed by atoms with Gasteiger partial charge in [-0.25, -0.2) is 0 Å². The number of methoxy groups -OCH3 is 1. The number of aryl methyl sites for hydroxylation is 1. The van der Waals surface area contributed by atoms with Crippen LogP contribution in [0.4, 0.5) is 5.69 Å². The largest absolute Gasteiger partial charge is 0.493 e. The van der Waals surface area contributed by atoms with E-state index in [1.165, 1.54) is 5.56 Å². The minimum atomic E-state index is 0.666. The molecule has 0 aliphatic carbocycles. The van der Waals surface area contributed by atoms with Gasteiger partial charge < -0.3 is 14.8 Å². The van der Waals surface area contributed by atoms with Crippen LogP contribution in [0.2, 0.25) is 0 Å². The molecule has 0 radical (unpaired) electrons. The van der Waals surface area contributed by atoms with Crippen molar-refractivity contribution in [1.29, 1.82) is 0 Å². The second-order valence-electron chi connectivity index (χ2n) is 4.65. The zero-order valence-electron chi connectivity index (χ0n) is 12.1. The van der Waals surface area contributed by atoms with Crippen molar-refractivity contribution in [2.24, 2.45) is 0 Å². The van der Waals surface area contributed by atoms with Crippen LogP contribution in [-0.2, 0) is 0 Å². The molecule has 2 rings (SSSR count). The monoisotopic (exact) mass is 271 g/mol. The van der Waals surface area contributed by atoms with E-state index in [1.807, 2.05) is 43.3 Å². The van der Waals surface area contributed by atoms with Gasteiger partial charge in [0.2, 0.25) is 0 Å². The first-order valence-corrected chi connectivity index (χ1v) is 6.86. The molecule has 20 heavy (non-hydrogen) atoms.